The zero-order chi connectivity index (χ0) is 26.8. The number of nitro groups is 1. The minimum absolute atomic E-state index is 0.0729. The number of aryl methyl sites for hydroxylation is 1. The van der Waals surface area contributed by atoms with Crippen LogP contribution < -0.4 is 5.32 Å². The molecule has 2 saturated heterocycles. The number of benzene rings is 2. The predicted octanol–water partition coefficient (Wildman–Crippen LogP) is 4.43. The summed E-state index contributed by atoms with van der Waals surface area (Å²) in [7, 11) is 1.83. The predicted molar refractivity (Wildman–Crippen MR) is 147 cm³/mol. The van der Waals surface area contributed by atoms with Crippen LogP contribution in [0.5, 0.6) is 0 Å². The van der Waals surface area contributed by atoms with Crippen LogP contribution in [0.15, 0.2) is 65.3 Å². The molecule has 0 aliphatic carbocycles. The molecule has 3 aliphatic rings. The highest BCUT2D eigenvalue weighted by Gasteiger charge is 2.77. The summed E-state index contributed by atoms with van der Waals surface area (Å²) in [5, 5.41) is 14.7. The lowest BCUT2D eigenvalue weighted by atomic mass is 9.71. The van der Waals surface area contributed by atoms with Crippen molar-refractivity contribution < 1.29 is 18.9 Å². The second kappa shape index (κ2) is 8.75. The molecule has 0 saturated carbocycles. The Morgan fingerprint density at radius 3 is 2.74 bits per heavy atom. The number of carbonyl (C=O) groups excluding carboxylic acids is 2. The number of furan rings is 1. The number of thiocarbonyl (C=S) groups is 1. The fourth-order valence-electron chi connectivity index (χ4n) is 6.24. The van der Waals surface area contributed by atoms with Crippen LogP contribution in [0.3, 0.4) is 0 Å². The Labute approximate surface area is 228 Å². The van der Waals surface area contributed by atoms with Gasteiger partial charge in [0.2, 0.25) is 5.91 Å². The standard InChI is InChI=1S/C27H24N4O5S2/c1-3-16-9-10-22-20(12-16)26(23(32)28-22)27(24(33)30(25(37)38-27)14-19-8-5-11-36-19)21(15-29(26)2)17-6-4-7-18(13-17)31(34)35/h4-13,21H,3,14-15H2,1-2H3,(H,28,32)/t21-,26-,27-/m0/s1. The lowest BCUT2D eigenvalue weighted by Crippen LogP contribution is -2.61. The summed E-state index contributed by atoms with van der Waals surface area (Å²) in [6.45, 7) is 2.49. The van der Waals surface area contributed by atoms with E-state index < -0.39 is 21.1 Å². The molecule has 38 heavy (non-hydrogen) atoms. The zero-order valence-electron chi connectivity index (χ0n) is 20.7. The molecule has 3 aliphatic heterocycles. The zero-order valence-corrected chi connectivity index (χ0v) is 22.3. The first-order valence-corrected chi connectivity index (χ1v) is 13.4. The maximum atomic E-state index is 14.7. The highest BCUT2D eigenvalue weighted by Crippen LogP contribution is 2.66. The number of fused-ring (bicyclic) bond motifs is 3. The van der Waals surface area contributed by atoms with Crippen molar-refractivity contribution in [2.24, 2.45) is 0 Å². The van der Waals surface area contributed by atoms with Gasteiger partial charge < -0.3 is 9.73 Å². The summed E-state index contributed by atoms with van der Waals surface area (Å²) in [4.78, 5) is 43.5. The van der Waals surface area contributed by atoms with Crippen LogP contribution in [0.1, 0.15) is 35.3 Å². The molecule has 1 N–H and O–H groups in total. The van der Waals surface area contributed by atoms with Crippen molar-refractivity contribution in [3.63, 3.8) is 0 Å². The average Bonchev–Trinajstić information content (AvgIpc) is 3.64. The van der Waals surface area contributed by atoms with Gasteiger partial charge in [-0.25, -0.2) is 0 Å². The number of likely N-dealkylation sites (N-methyl/N-ethyl adjacent to an activating group) is 1. The number of rotatable bonds is 5. The number of amides is 2. The second-order valence-electron chi connectivity index (χ2n) is 9.76. The summed E-state index contributed by atoms with van der Waals surface area (Å²) in [6.07, 6.45) is 2.29. The number of anilines is 1. The monoisotopic (exact) mass is 548 g/mol. The Kier molecular flexibility index (Phi) is 5.71. The minimum Gasteiger partial charge on any atom is -0.467 e. The third-order valence-electron chi connectivity index (χ3n) is 7.93. The number of nitrogens with one attached hydrogen (secondary N) is 1. The Bertz CT molecular complexity index is 1510. The smallest absolute Gasteiger partial charge is 0.269 e. The van der Waals surface area contributed by atoms with Crippen molar-refractivity contribution in [3.8, 4) is 0 Å². The van der Waals surface area contributed by atoms with E-state index in [0.717, 1.165) is 17.5 Å². The number of nitrogens with zero attached hydrogens (tertiary/aromatic N) is 3. The molecule has 2 amide bonds. The molecule has 0 bridgehead atoms. The van der Waals surface area contributed by atoms with Gasteiger partial charge in [0.25, 0.3) is 11.6 Å². The van der Waals surface area contributed by atoms with E-state index in [1.165, 1.54) is 35.1 Å². The summed E-state index contributed by atoms with van der Waals surface area (Å²) in [6, 6.07) is 15.7. The van der Waals surface area contributed by atoms with Crippen LogP contribution in [0, 0.1) is 10.1 Å². The minimum atomic E-state index is -1.40. The molecule has 2 fully saturated rings. The van der Waals surface area contributed by atoms with Gasteiger partial charge in [-0.2, -0.15) is 0 Å². The molecule has 3 aromatic rings. The Balaban J connectivity index is 1.60. The van der Waals surface area contributed by atoms with E-state index in [9.17, 15) is 19.7 Å². The van der Waals surface area contributed by atoms with Crippen molar-refractivity contribution in [3.05, 3.63) is 93.4 Å². The highest BCUT2D eigenvalue weighted by atomic mass is 32.2. The van der Waals surface area contributed by atoms with Gasteiger partial charge >= 0.3 is 0 Å². The number of likely N-dealkylation sites (tertiary alicyclic amines) is 1. The normalized spacial score (nSPS) is 26.5. The van der Waals surface area contributed by atoms with E-state index in [1.54, 1.807) is 24.3 Å². The van der Waals surface area contributed by atoms with Gasteiger partial charge in [0.05, 0.1) is 17.7 Å². The number of non-ortho nitro benzene ring substituents is 1. The SMILES string of the molecule is CCc1ccc2c(c1)[C@@]1(C(=O)N2)N(C)C[C@@H](c2cccc([N+](=O)[O-])c2)[C@@]12SC(=S)N(Cc1ccco1)C2=O. The van der Waals surface area contributed by atoms with Gasteiger partial charge in [-0.05, 0) is 42.8 Å². The van der Waals surface area contributed by atoms with E-state index in [4.69, 9.17) is 16.6 Å². The van der Waals surface area contributed by atoms with Gasteiger partial charge in [-0.3, -0.25) is 29.5 Å². The Morgan fingerprint density at radius 1 is 1.21 bits per heavy atom. The van der Waals surface area contributed by atoms with Crippen LogP contribution in [-0.4, -0.2) is 49.2 Å². The molecule has 0 radical (unpaired) electrons. The van der Waals surface area contributed by atoms with Gasteiger partial charge in [0.1, 0.15) is 14.8 Å². The van der Waals surface area contributed by atoms with Gasteiger partial charge in [0, 0.05) is 35.8 Å². The molecule has 11 heteroatoms. The molecular formula is C27H24N4O5S2. The molecule has 4 heterocycles. The summed E-state index contributed by atoms with van der Waals surface area (Å²) in [5.74, 6) is -0.615. The quantitative estimate of drug-likeness (QED) is 0.284. The van der Waals surface area contributed by atoms with Gasteiger partial charge in [-0.1, -0.05) is 55.2 Å². The number of nitro benzene ring substituents is 1. The second-order valence-corrected chi connectivity index (χ2v) is 11.6. The summed E-state index contributed by atoms with van der Waals surface area (Å²) >= 11 is 6.99. The van der Waals surface area contributed by atoms with Crippen LogP contribution >= 0.6 is 24.0 Å². The van der Waals surface area contributed by atoms with Crippen LogP contribution in [0.2, 0.25) is 0 Å². The number of thioether (sulfide) groups is 1. The summed E-state index contributed by atoms with van der Waals surface area (Å²) in [5.41, 5.74) is 1.57. The number of hydrogen-bond donors (Lipinski definition) is 1. The van der Waals surface area contributed by atoms with E-state index in [0.29, 0.717) is 27.9 Å². The first kappa shape index (κ1) is 24.8. The highest BCUT2D eigenvalue weighted by molar-refractivity contribution is 8.25. The van der Waals surface area contributed by atoms with E-state index in [-0.39, 0.29) is 24.0 Å². The molecule has 194 valence electrons. The number of carbonyl (C=O) groups is 2. The van der Waals surface area contributed by atoms with Crippen molar-refractivity contribution in [2.75, 3.05) is 18.9 Å². The Morgan fingerprint density at radius 2 is 2.03 bits per heavy atom. The van der Waals surface area contributed by atoms with Gasteiger partial charge in [0.15, 0.2) is 5.54 Å². The van der Waals surface area contributed by atoms with Crippen LogP contribution in [-0.2, 0) is 28.1 Å². The van der Waals surface area contributed by atoms with Crippen molar-refractivity contribution in [1.29, 1.82) is 0 Å². The first-order chi connectivity index (χ1) is 18.2. The van der Waals surface area contributed by atoms with E-state index >= 15 is 0 Å². The average molecular weight is 549 g/mol. The lowest BCUT2D eigenvalue weighted by Gasteiger charge is -2.41. The molecule has 2 aromatic carbocycles. The summed E-state index contributed by atoms with van der Waals surface area (Å²) < 4.78 is 4.45. The van der Waals surface area contributed by atoms with Crippen LogP contribution in [0.25, 0.3) is 0 Å². The first-order valence-electron chi connectivity index (χ1n) is 12.2. The van der Waals surface area contributed by atoms with Crippen molar-refractivity contribution >= 4 is 51.5 Å². The maximum Gasteiger partial charge on any atom is 0.269 e. The van der Waals surface area contributed by atoms with Crippen molar-refractivity contribution in [1.82, 2.24) is 9.80 Å². The van der Waals surface area contributed by atoms with Gasteiger partial charge in [-0.15, -0.1) is 0 Å². The number of hydrogen-bond acceptors (Lipinski definition) is 8. The fourth-order valence-corrected chi connectivity index (χ4v) is 8.37. The molecule has 9 nitrogen and oxygen atoms in total. The topological polar surface area (TPSA) is 109 Å². The van der Waals surface area contributed by atoms with E-state index in [2.05, 4.69) is 5.32 Å². The third-order valence-corrected chi connectivity index (χ3v) is 9.87. The van der Waals surface area contributed by atoms with E-state index in [1.807, 2.05) is 37.1 Å². The third kappa shape index (κ3) is 3.18. The molecule has 3 atom stereocenters. The lowest BCUT2D eigenvalue weighted by molar-refractivity contribution is -0.384. The van der Waals surface area contributed by atoms with Crippen LogP contribution in [0.4, 0.5) is 11.4 Å². The van der Waals surface area contributed by atoms with Crippen molar-refractivity contribution in [2.45, 2.75) is 36.1 Å². The fraction of sp³-hybridized carbons (Fsp3) is 0.296. The molecule has 6 rings (SSSR count). The maximum absolute atomic E-state index is 14.7. The molecule has 2 spiro atoms. The largest absolute Gasteiger partial charge is 0.467 e. The molecule has 0 unspecified atom stereocenters. The molecule has 1 aromatic heterocycles. The Hall–Kier alpha value is -3.54. The molecular weight excluding hydrogens is 524 g/mol.